The molecule has 110 valence electrons. The number of amides is 1. The number of H-pyrrole nitrogens is 1. The molecule has 7 heteroatoms. The van der Waals surface area contributed by atoms with Crippen LogP contribution < -0.4 is 5.43 Å². The molecule has 3 aromatic rings. The second-order valence-corrected chi connectivity index (χ2v) is 4.65. The van der Waals surface area contributed by atoms with E-state index in [1.165, 1.54) is 0 Å². The van der Waals surface area contributed by atoms with E-state index in [0.29, 0.717) is 11.4 Å². The molecule has 0 radical (unpaired) electrons. The molecule has 2 N–H and O–H groups in total. The second kappa shape index (κ2) is 6.04. The van der Waals surface area contributed by atoms with Gasteiger partial charge in [-0.3, -0.25) is 14.9 Å². The highest BCUT2D eigenvalue weighted by atomic mass is 16.2. The highest BCUT2D eigenvalue weighted by Gasteiger charge is 2.11. The van der Waals surface area contributed by atoms with Gasteiger partial charge >= 0.3 is 0 Å². The van der Waals surface area contributed by atoms with Crippen LogP contribution in [0.25, 0.3) is 11.4 Å². The van der Waals surface area contributed by atoms with Crippen LogP contribution in [0.4, 0.5) is 0 Å². The molecule has 0 aromatic carbocycles. The van der Waals surface area contributed by atoms with Crippen molar-refractivity contribution in [3.63, 3.8) is 0 Å². The van der Waals surface area contributed by atoms with Gasteiger partial charge in [0, 0.05) is 25.6 Å². The molecule has 0 fully saturated rings. The Kier molecular flexibility index (Phi) is 3.78. The molecule has 0 aliphatic heterocycles. The van der Waals surface area contributed by atoms with Gasteiger partial charge < -0.3 is 4.57 Å². The third-order valence-corrected chi connectivity index (χ3v) is 3.11. The Bertz CT molecular complexity index is 802. The van der Waals surface area contributed by atoms with E-state index >= 15 is 0 Å². The third kappa shape index (κ3) is 2.93. The Morgan fingerprint density at radius 3 is 2.91 bits per heavy atom. The first-order valence-electron chi connectivity index (χ1n) is 6.64. The molecule has 0 saturated carbocycles. The fourth-order valence-corrected chi connectivity index (χ4v) is 1.97. The van der Waals surface area contributed by atoms with E-state index in [0.717, 1.165) is 11.3 Å². The first kappa shape index (κ1) is 13.7. The van der Waals surface area contributed by atoms with Gasteiger partial charge in [0.15, 0.2) is 0 Å². The monoisotopic (exact) mass is 294 g/mol. The van der Waals surface area contributed by atoms with Gasteiger partial charge in [-0.05, 0) is 35.9 Å². The summed E-state index contributed by atoms with van der Waals surface area (Å²) in [7, 11) is 1.92. The lowest BCUT2D eigenvalue weighted by atomic mass is 10.3. The Labute approximate surface area is 126 Å². The number of aromatic nitrogens is 4. The summed E-state index contributed by atoms with van der Waals surface area (Å²) in [5.41, 5.74) is 5.28. The minimum Gasteiger partial charge on any atom is -0.349 e. The Hall–Kier alpha value is -3.22. The number of pyridine rings is 1. The highest BCUT2D eigenvalue weighted by molar-refractivity contribution is 5.94. The van der Waals surface area contributed by atoms with Gasteiger partial charge in [0.2, 0.25) is 0 Å². The van der Waals surface area contributed by atoms with Crippen molar-refractivity contribution in [2.24, 2.45) is 12.1 Å². The fourth-order valence-electron chi connectivity index (χ4n) is 1.97. The first-order valence-corrected chi connectivity index (χ1v) is 6.64. The average molecular weight is 294 g/mol. The Morgan fingerprint density at radius 2 is 2.18 bits per heavy atom. The van der Waals surface area contributed by atoms with Crippen molar-refractivity contribution in [1.82, 2.24) is 25.2 Å². The van der Waals surface area contributed by atoms with E-state index in [1.807, 2.05) is 29.9 Å². The molecule has 0 unspecified atom stereocenters. The van der Waals surface area contributed by atoms with E-state index in [-0.39, 0.29) is 5.91 Å². The smallest absolute Gasteiger partial charge is 0.289 e. The number of nitrogens with zero attached hydrogens (tertiary/aromatic N) is 4. The van der Waals surface area contributed by atoms with Gasteiger partial charge in [0.1, 0.15) is 11.4 Å². The molecule has 0 bridgehead atoms. The summed E-state index contributed by atoms with van der Waals surface area (Å²) in [6.07, 6.45) is 6.78. The molecule has 3 rings (SSSR count). The normalized spacial score (nSPS) is 11.0. The van der Waals surface area contributed by atoms with Crippen molar-refractivity contribution in [1.29, 1.82) is 0 Å². The van der Waals surface area contributed by atoms with Gasteiger partial charge in [-0.2, -0.15) is 10.2 Å². The van der Waals surface area contributed by atoms with Crippen LogP contribution >= 0.6 is 0 Å². The van der Waals surface area contributed by atoms with Gasteiger partial charge in [0.25, 0.3) is 5.91 Å². The molecule has 0 aliphatic rings. The summed E-state index contributed by atoms with van der Waals surface area (Å²) < 4.78 is 1.93. The summed E-state index contributed by atoms with van der Waals surface area (Å²) in [4.78, 5) is 15.9. The number of aryl methyl sites for hydroxylation is 1. The number of rotatable bonds is 4. The highest BCUT2D eigenvalue weighted by Crippen LogP contribution is 2.17. The van der Waals surface area contributed by atoms with Gasteiger partial charge in [-0.1, -0.05) is 0 Å². The predicted octanol–water partition coefficient (Wildman–Crippen LogP) is 1.57. The van der Waals surface area contributed by atoms with Crippen molar-refractivity contribution < 1.29 is 4.79 Å². The number of nitrogens with one attached hydrogen (secondary N) is 2. The maximum absolute atomic E-state index is 12.0. The van der Waals surface area contributed by atoms with Crippen LogP contribution in [0.2, 0.25) is 0 Å². The topological polar surface area (TPSA) is 88.0 Å². The van der Waals surface area contributed by atoms with Crippen LogP contribution in [-0.4, -0.2) is 31.9 Å². The summed E-state index contributed by atoms with van der Waals surface area (Å²) >= 11 is 0. The average Bonchev–Trinajstić information content (AvgIpc) is 3.17. The van der Waals surface area contributed by atoms with Crippen LogP contribution in [0, 0.1) is 0 Å². The minimum absolute atomic E-state index is 0.349. The summed E-state index contributed by atoms with van der Waals surface area (Å²) in [6.45, 7) is 0. The van der Waals surface area contributed by atoms with Crippen molar-refractivity contribution in [3.05, 3.63) is 60.2 Å². The van der Waals surface area contributed by atoms with Crippen LogP contribution in [0.5, 0.6) is 0 Å². The second-order valence-electron chi connectivity index (χ2n) is 4.65. The first-order chi connectivity index (χ1) is 10.7. The number of carbonyl (C=O) groups is 1. The summed E-state index contributed by atoms with van der Waals surface area (Å²) in [5.74, 6) is -0.349. The molecule has 0 aliphatic carbocycles. The number of hydrogen-bond acceptors (Lipinski definition) is 4. The summed E-state index contributed by atoms with van der Waals surface area (Å²) in [5, 5.41) is 10.8. The van der Waals surface area contributed by atoms with Gasteiger partial charge in [0.05, 0.1) is 11.9 Å². The molecular weight excluding hydrogens is 280 g/mol. The number of carbonyl (C=O) groups excluding carboxylic acids is 1. The molecule has 3 heterocycles. The fraction of sp³-hybridized carbons (Fsp3) is 0.0667. The van der Waals surface area contributed by atoms with E-state index in [1.54, 1.807) is 36.8 Å². The van der Waals surface area contributed by atoms with Crippen molar-refractivity contribution in [2.75, 3.05) is 0 Å². The third-order valence-electron chi connectivity index (χ3n) is 3.11. The molecule has 0 atom stereocenters. The SMILES string of the molecule is Cn1cccc1-c1cc(C(=O)N/N=C\c2ccncc2)[nH]n1. The molecule has 0 spiro atoms. The molecular formula is C15H14N6O. The molecule has 1 amide bonds. The van der Waals surface area contributed by atoms with E-state index < -0.39 is 0 Å². The lowest BCUT2D eigenvalue weighted by Crippen LogP contribution is -2.18. The summed E-state index contributed by atoms with van der Waals surface area (Å²) in [6, 6.07) is 9.12. The van der Waals surface area contributed by atoms with Gasteiger partial charge in [-0.25, -0.2) is 5.43 Å². The lowest BCUT2D eigenvalue weighted by molar-refractivity contribution is 0.0950. The van der Waals surface area contributed by atoms with Crippen LogP contribution in [0.3, 0.4) is 0 Å². The van der Waals surface area contributed by atoms with Gasteiger partial charge in [-0.15, -0.1) is 0 Å². The number of aromatic amines is 1. The van der Waals surface area contributed by atoms with Crippen LogP contribution in [-0.2, 0) is 7.05 Å². The zero-order chi connectivity index (χ0) is 15.4. The molecule has 22 heavy (non-hydrogen) atoms. The van der Waals surface area contributed by atoms with E-state index in [4.69, 9.17) is 0 Å². The molecule has 0 saturated heterocycles. The van der Waals surface area contributed by atoms with Crippen molar-refractivity contribution in [2.45, 2.75) is 0 Å². The maximum atomic E-state index is 12.0. The molecule has 3 aromatic heterocycles. The number of hydrogen-bond donors (Lipinski definition) is 2. The largest absolute Gasteiger partial charge is 0.349 e. The van der Waals surface area contributed by atoms with Crippen LogP contribution in [0.15, 0.2) is 54.0 Å². The van der Waals surface area contributed by atoms with E-state index in [9.17, 15) is 4.79 Å². The van der Waals surface area contributed by atoms with Crippen molar-refractivity contribution >= 4 is 12.1 Å². The van der Waals surface area contributed by atoms with Crippen molar-refractivity contribution in [3.8, 4) is 11.4 Å². The standard InChI is InChI=1S/C15H14N6O/c1-21-8-2-3-14(21)12-9-13(19-18-12)15(22)20-17-10-11-4-6-16-7-5-11/h2-10H,1H3,(H,18,19)(H,20,22)/b17-10-. The quantitative estimate of drug-likeness (QED) is 0.565. The predicted molar refractivity (Wildman–Crippen MR) is 82.3 cm³/mol. The Balaban J connectivity index is 1.67. The molecule has 7 nitrogen and oxygen atoms in total. The van der Waals surface area contributed by atoms with E-state index in [2.05, 4.69) is 25.7 Å². The Morgan fingerprint density at radius 1 is 1.36 bits per heavy atom. The lowest BCUT2D eigenvalue weighted by Gasteiger charge is -1.97. The maximum Gasteiger partial charge on any atom is 0.289 e. The zero-order valence-corrected chi connectivity index (χ0v) is 11.9. The van der Waals surface area contributed by atoms with Crippen LogP contribution in [0.1, 0.15) is 16.1 Å². The number of hydrazone groups is 1. The minimum atomic E-state index is -0.349. The zero-order valence-electron chi connectivity index (χ0n) is 11.9.